The molecule has 16 heavy (non-hydrogen) atoms. The van der Waals surface area contributed by atoms with Gasteiger partial charge < -0.3 is 9.47 Å². The molecule has 0 aliphatic heterocycles. The van der Waals surface area contributed by atoms with Gasteiger partial charge in [0.25, 0.3) is 0 Å². The van der Waals surface area contributed by atoms with Crippen LogP contribution < -0.4 is 4.74 Å². The van der Waals surface area contributed by atoms with E-state index in [-0.39, 0.29) is 0 Å². The Bertz CT molecular complexity index is 337. The molecule has 0 amide bonds. The lowest BCUT2D eigenvalue weighted by Gasteiger charge is -2.09. The average Bonchev–Trinajstić information content (AvgIpc) is 2.29. The minimum atomic E-state index is 0.583. The predicted molar refractivity (Wildman–Crippen MR) is 69.8 cm³/mol. The number of rotatable bonds is 7. The van der Waals surface area contributed by atoms with Gasteiger partial charge in [0.15, 0.2) is 0 Å². The summed E-state index contributed by atoms with van der Waals surface area (Å²) in [5.74, 6) is 0.868. The summed E-state index contributed by atoms with van der Waals surface area (Å²) in [4.78, 5) is 0. The third kappa shape index (κ3) is 4.37. The summed E-state index contributed by atoms with van der Waals surface area (Å²) in [6.45, 7) is 5.01. The molecule has 0 spiro atoms. The SMILES string of the molecule is C=CCCCOCc1cc(Br)ccc1OC. The fourth-order valence-electron chi connectivity index (χ4n) is 1.37. The number of allylic oxidation sites excluding steroid dienone is 1. The standard InChI is InChI=1S/C13H17BrO2/c1-3-4-5-8-16-10-11-9-12(14)6-7-13(11)15-2/h3,6-7,9H,1,4-5,8,10H2,2H3. The second-order valence-electron chi connectivity index (χ2n) is 3.44. The van der Waals surface area contributed by atoms with E-state index in [1.165, 1.54) is 0 Å². The van der Waals surface area contributed by atoms with Gasteiger partial charge in [-0.1, -0.05) is 22.0 Å². The smallest absolute Gasteiger partial charge is 0.124 e. The molecule has 0 bridgehead atoms. The van der Waals surface area contributed by atoms with Gasteiger partial charge in [0.2, 0.25) is 0 Å². The number of hydrogen-bond donors (Lipinski definition) is 0. The van der Waals surface area contributed by atoms with Crippen molar-refractivity contribution in [1.82, 2.24) is 0 Å². The van der Waals surface area contributed by atoms with Crippen LogP contribution in [-0.2, 0) is 11.3 Å². The van der Waals surface area contributed by atoms with Crippen molar-refractivity contribution in [3.8, 4) is 5.75 Å². The molecule has 0 heterocycles. The van der Waals surface area contributed by atoms with E-state index in [1.54, 1.807) is 7.11 Å². The summed E-state index contributed by atoms with van der Waals surface area (Å²) in [6.07, 6.45) is 3.92. The fraction of sp³-hybridized carbons (Fsp3) is 0.385. The quantitative estimate of drug-likeness (QED) is 0.558. The van der Waals surface area contributed by atoms with Gasteiger partial charge in [0, 0.05) is 16.6 Å². The lowest BCUT2D eigenvalue weighted by atomic mass is 10.2. The van der Waals surface area contributed by atoms with E-state index < -0.39 is 0 Å². The Morgan fingerprint density at radius 2 is 2.25 bits per heavy atom. The van der Waals surface area contributed by atoms with Gasteiger partial charge >= 0.3 is 0 Å². The highest BCUT2D eigenvalue weighted by Gasteiger charge is 2.03. The normalized spacial score (nSPS) is 10.1. The maximum absolute atomic E-state index is 5.57. The van der Waals surface area contributed by atoms with Crippen molar-refractivity contribution < 1.29 is 9.47 Å². The zero-order valence-corrected chi connectivity index (χ0v) is 11.1. The highest BCUT2D eigenvalue weighted by Crippen LogP contribution is 2.23. The molecule has 0 atom stereocenters. The topological polar surface area (TPSA) is 18.5 Å². The fourth-order valence-corrected chi connectivity index (χ4v) is 1.78. The van der Waals surface area contributed by atoms with Crippen molar-refractivity contribution in [2.75, 3.05) is 13.7 Å². The van der Waals surface area contributed by atoms with Crippen LogP contribution in [0.5, 0.6) is 5.75 Å². The molecule has 0 aromatic heterocycles. The van der Waals surface area contributed by atoms with E-state index in [0.29, 0.717) is 6.61 Å². The van der Waals surface area contributed by atoms with Gasteiger partial charge in [0.1, 0.15) is 5.75 Å². The van der Waals surface area contributed by atoms with Crippen LogP contribution in [-0.4, -0.2) is 13.7 Å². The Morgan fingerprint density at radius 3 is 2.94 bits per heavy atom. The van der Waals surface area contributed by atoms with Crippen LogP contribution in [0.15, 0.2) is 35.3 Å². The molecule has 1 aromatic rings. The molecule has 0 radical (unpaired) electrons. The van der Waals surface area contributed by atoms with Crippen molar-refractivity contribution in [2.45, 2.75) is 19.4 Å². The number of halogens is 1. The van der Waals surface area contributed by atoms with Crippen molar-refractivity contribution in [1.29, 1.82) is 0 Å². The number of methoxy groups -OCH3 is 1. The number of hydrogen-bond acceptors (Lipinski definition) is 2. The van der Waals surface area contributed by atoms with Crippen LogP contribution in [0, 0.1) is 0 Å². The molecule has 0 aliphatic carbocycles. The molecule has 0 N–H and O–H groups in total. The van der Waals surface area contributed by atoms with E-state index in [1.807, 2.05) is 24.3 Å². The Balaban J connectivity index is 2.45. The zero-order valence-electron chi connectivity index (χ0n) is 9.54. The van der Waals surface area contributed by atoms with Crippen LogP contribution in [0.3, 0.4) is 0 Å². The van der Waals surface area contributed by atoms with Crippen LogP contribution in [0.4, 0.5) is 0 Å². The van der Waals surface area contributed by atoms with Crippen molar-refractivity contribution in [3.05, 3.63) is 40.9 Å². The zero-order chi connectivity index (χ0) is 11.8. The van der Waals surface area contributed by atoms with E-state index >= 15 is 0 Å². The van der Waals surface area contributed by atoms with Gasteiger partial charge in [0.05, 0.1) is 13.7 Å². The minimum absolute atomic E-state index is 0.583. The van der Waals surface area contributed by atoms with Crippen LogP contribution in [0.1, 0.15) is 18.4 Å². The van der Waals surface area contributed by atoms with Crippen molar-refractivity contribution >= 4 is 15.9 Å². The maximum Gasteiger partial charge on any atom is 0.124 e. The number of benzene rings is 1. The Hall–Kier alpha value is -0.800. The van der Waals surface area contributed by atoms with E-state index in [2.05, 4.69) is 22.5 Å². The monoisotopic (exact) mass is 284 g/mol. The first-order chi connectivity index (χ1) is 7.77. The number of ether oxygens (including phenoxy) is 2. The van der Waals surface area contributed by atoms with Crippen LogP contribution in [0.25, 0.3) is 0 Å². The van der Waals surface area contributed by atoms with E-state index in [0.717, 1.165) is 35.2 Å². The summed E-state index contributed by atoms with van der Waals surface area (Å²) in [7, 11) is 1.67. The molecule has 3 heteroatoms. The molecule has 0 unspecified atom stereocenters. The van der Waals surface area contributed by atoms with Gasteiger partial charge in [-0.25, -0.2) is 0 Å². The van der Waals surface area contributed by atoms with Crippen molar-refractivity contribution in [3.63, 3.8) is 0 Å². The lowest BCUT2D eigenvalue weighted by Crippen LogP contribution is -1.98. The molecule has 0 saturated heterocycles. The first kappa shape index (κ1) is 13.3. The van der Waals surface area contributed by atoms with Crippen LogP contribution >= 0.6 is 15.9 Å². The second kappa shape index (κ2) is 7.47. The predicted octanol–water partition coefficient (Wildman–Crippen LogP) is 3.94. The average molecular weight is 285 g/mol. The van der Waals surface area contributed by atoms with E-state index in [9.17, 15) is 0 Å². The molecule has 1 rings (SSSR count). The summed E-state index contributed by atoms with van der Waals surface area (Å²) in [6, 6.07) is 5.92. The third-order valence-electron chi connectivity index (χ3n) is 2.20. The van der Waals surface area contributed by atoms with Crippen LogP contribution in [0.2, 0.25) is 0 Å². The highest BCUT2D eigenvalue weighted by molar-refractivity contribution is 9.10. The largest absolute Gasteiger partial charge is 0.496 e. The van der Waals surface area contributed by atoms with Gasteiger partial charge in [-0.3, -0.25) is 0 Å². The maximum atomic E-state index is 5.57. The summed E-state index contributed by atoms with van der Waals surface area (Å²) in [5, 5.41) is 0. The molecule has 2 nitrogen and oxygen atoms in total. The molecule has 0 fully saturated rings. The summed E-state index contributed by atoms with van der Waals surface area (Å²) < 4.78 is 11.9. The first-order valence-corrected chi connectivity index (χ1v) is 6.08. The highest BCUT2D eigenvalue weighted by atomic mass is 79.9. The molecule has 1 aromatic carbocycles. The van der Waals surface area contributed by atoms with Gasteiger partial charge in [-0.15, -0.1) is 6.58 Å². The Kier molecular flexibility index (Phi) is 6.19. The number of unbranched alkanes of at least 4 members (excludes halogenated alkanes) is 1. The van der Waals surface area contributed by atoms with Gasteiger partial charge in [-0.05, 0) is 31.0 Å². The lowest BCUT2D eigenvalue weighted by molar-refractivity contribution is 0.117. The van der Waals surface area contributed by atoms with Gasteiger partial charge in [-0.2, -0.15) is 0 Å². The minimum Gasteiger partial charge on any atom is -0.496 e. The Morgan fingerprint density at radius 1 is 1.44 bits per heavy atom. The van der Waals surface area contributed by atoms with Crippen molar-refractivity contribution in [2.24, 2.45) is 0 Å². The summed E-state index contributed by atoms with van der Waals surface area (Å²) >= 11 is 3.43. The molecule has 0 saturated carbocycles. The molecule has 0 aliphatic rings. The third-order valence-corrected chi connectivity index (χ3v) is 2.69. The first-order valence-electron chi connectivity index (χ1n) is 5.29. The Labute approximate surface area is 105 Å². The van der Waals surface area contributed by atoms with E-state index in [4.69, 9.17) is 9.47 Å². The second-order valence-corrected chi connectivity index (χ2v) is 4.36. The molecular weight excluding hydrogens is 268 g/mol. The summed E-state index contributed by atoms with van der Waals surface area (Å²) in [5.41, 5.74) is 1.07. The molecule has 88 valence electrons. The molecular formula is C13H17BrO2.